The molecule has 0 aromatic heterocycles. The van der Waals surface area contributed by atoms with Crippen molar-refractivity contribution < 1.29 is 13.6 Å². The number of alkyl halides is 2. The van der Waals surface area contributed by atoms with Crippen LogP contribution < -0.4 is 5.32 Å². The van der Waals surface area contributed by atoms with Gasteiger partial charge in [0.05, 0.1) is 0 Å². The van der Waals surface area contributed by atoms with E-state index in [1.807, 2.05) is 34.7 Å². The number of unbranched alkanes of at least 4 members (excludes halogenated alkanes) is 1. The van der Waals surface area contributed by atoms with Crippen LogP contribution in [-0.4, -0.2) is 18.8 Å². The average molecular weight is 574 g/mol. The van der Waals surface area contributed by atoms with Gasteiger partial charge in [0.1, 0.15) is 0 Å². The molecule has 1 N–H and O–H groups in total. The fourth-order valence-corrected chi connectivity index (χ4v) is 7.38. The normalized spacial score (nSPS) is 18.6. The van der Waals surface area contributed by atoms with Crippen molar-refractivity contribution in [3.05, 3.63) is 53.1 Å². The fourth-order valence-electron chi connectivity index (χ4n) is 7.38. The van der Waals surface area contributed by atoms with Crippen LogP contribution in [0.1, 0.15) is 132 Å². The van der Waals surface area contributed by atoms with Gasteiger partial charge >= 0.3 is 5.92 Å². The second-order valence-corrected chi connectivity index (χ2v) is 14.5. The number of hydrogen-bond acceptors (Lipinski definition) is 2. The Morgan fingerprint density at radius 1 is 1.10 bits per heavy atom. The van der Waals surface area contributed by atoms with E-state index >= 15 is 0 Å². The van der Waals surface area contributed by atoms with Crippen LogP contribution in [0.5, 0.6) is 0 Å². The lowest BCUT2D eigenvalue weighted by Crippen LogP contribution is -2.52. The van der Waals surface area contributed by atoms with Crippen molar-refractivity contribution in [3.63, 3.8) is 0 Å². The maximum atomic E-state index is 14.2. The van der Waals surface area contributed by atoms with Crippen molar-refractivity contribution in [2.45, 2.75) is 139 Å². The minimum Gasteiger partial charge on any atom is -0.388 e. The summed E-state index contributed by atoms with van der Waals surface area (Å²) >= 11 is 0. The van der Waals surface area contributed by atoms with Gasteiger partial charge in [0, 0.05) is 25.1 Å². The summed E-state index contributed by atoms with van der Waals surface area (Å²) in [7, 11) is 2.01. The molecule has 0 radical (unpaired) electrons. The van der Waals surface area contributed by atoms with Gasteiger partial charge in [0.2, 0.25) is 0 Å². The molecule has 234 valence electrons. The number of rotatable bonds is 13. The molecule has 0 saturated heterocycles. The fraction of sp³-hybridized carbons (Fsp3) is 0.703. The Kier molecular flexibility index (Phi) is 14.0. The zero-order valence-corrected chi connectivity index (χ0v) is 28.3. The molecular formula is C37H61F2NO. The first kappa shape index (κ1) is 37.1. The number of hydrogen-bond donors (Lipinski definition) is 1. The summed E-state index contributed by atoms with van der Waals surface area (Å²) < 4.78 is 28.3. The number of aryl methyl sites for hydroxylation is 2. The Morgan fingerprint density at radius 2 is 1.68 bits per heavy atom. The van der Waals surface area contributed by atoms with Gasteiger partial charge in [-0.25, -0.2) is 0 Å². The van der Waals surface area contributed by atoms with E-state index in [4.69, 9.17) is 0 Å². The van der Waals surface area contributed by atoms with E-state index in [1.165, 1.54) is 47.2 Å². The number of benzene rings is 1. The van der Waals surface area contributed by atoms with Gasteiger partial charge in [-0.15, -0.1) is 0 Å². The number of Topliss-reactive ketones (excluding diaryl/α,β-unsaturated/α-hetero) is 1. The average Bonchev–Trinajstić information content (AvgIpc) is 2.87. The zero-order valence-electron chi connectivity index (χ0n) is 28.3. The van der Waals surface area contributed by atoms with Crippen LogP contribution in [0.4, 0.5) is 14.5 Å². The van der Waals surface area contributed by atoms with E-state index in [-0.39, 0.29) is 10.8 Å². The first-order valence-corrected chi connectivity index (χ1v) is 15.9. The summed E-state index contributed by atoms with van der Waals surface area (Å²) in [6.45, 7) is 23.9. The van der Waals surface area contributed by atoms with Crippen LogP contribution in [0, 0.1) is 22.2 Å². The highest BCUT2D eigenvalue weighted by Crippen LogP contribution is 2.59. The van der Waals surface area contributed by atoms with E-state index < -0.39 is 17.1 Å². The lowest BCUT2D eigenvalue weighted by molar-refractivity contribution is -0.182. The summed E-state index contributed by atoms with van der Waals surface area (Å²) in [6, 6.07) is 6.86. The van der Waals surface area contributed by atoms with Crippen molar-refractivity contribution in [3.8, 4) is 0 Å². The van der Waals surface area contributed by atoms with E-state index in [0.717, 1.165) is 39.0 Å². The Bertz CT molecular complexity index is 1020. The molecule has 2 nitrogen and oxygen atoms in total. The zero-order chi connectivity index (χ0) is 31.6. The molecule has 2 rings (SSSR count). The third kappa shape index (κ3) is 11.0. The molecule has 0 bridgehead atoms. The lowest BCUT2D eigenvalue weighted by Gasteiger charge is -2.52. The summed E-state index contributed by atoms with van der Waals surface area (Å²) in [5.74, 6) is -3.59. The topological polar surface area (TPSA) is 29.1 Å². The Labute approximate surface area is 251 Å². The van der Waals surface area contributed by atoms with Crippen LogP contribution in [0.2, 0.25) is 0 Å². The Balaban J connectivity index is 0.000000435. The van der Waals surface area contributed by atoms with Gasteiger partial charge in [-0.1, -0.05) is 104 Å². The molecule has 0 spiro atoms. The minimum absolute atomic E-state index is 0.143. The molecular weight excluding hydrogens is 512 g/mol. The second kappa shape index (κ2) is 15.5. The van der Waals surface area contributed by atoms with Gasteiger partial charge < -0.3 is 5.32 Å². The highest BCUT2D eigenvalue weighted by Gasteiger charge is 2.59. The Hall–Kier alpha value is -1.97. The number of allylic oxidation sites excluding steroid dienone is 3. The molecule has 1 aliphatic carbocycles. The van der Waals surface area contributed by atoms with E-state index in [1.54, 1.807) is 6.92 Å². The maximum absolute atomic E-state index is 14.2. The minimum atomic E-state index is -3.22. The number of anilines is 1. The van der Waals surface area contributed by atoms with Gasteiger partial charge in [-0.3, -0.25) is 4.79 Å². The molecule has 1 fully saturated rings. The molecule has 0 heterocycles. The number of carbonyl (C=O) groups excluding carboxylic acids is 1. The maximum Gasteiger partial charge on any atom is 0.310 e. The SMILES string of the molecule is C=C(C/C(=C\C)CCc1ccc(CC)c(NC)c1)C(C)CCCC.CC(=O)C(F)(F)C1(C)CC(C)(C)CC(C)(C)C1. The van der Waals surface area contributed by atoms with Gasteiger partial charge in [-0.2, -0.15) is 8.78 Å². The molecule has 0 amide bonds. The number of ketones is 1. The molecule has 4 heteroatoms. The molecule has 1 aliphatic rings. The van der Waals surface area contributed by atoms with Crippen molar-refractivity contribution in [2.75, 3.05) is 12.4 Å². The van der Waals surface area contributed by atoms with E-state index in [2.05, 4.69) is 63.9 Å². The van der Waals surface area contributed by atoms with Crippen LogP contribution in [-0.2, 0) is 17.6 Å². The monoisotopic (exact) mass is 573 g/mol. The largest absolute Gasteiger partial charge is 0.388 e. The summed E-state index contributed by atoms with van der Waals surface area (Å²) in [5, 5.41) is 3.33. The Morgan fingerprint density at radius 3 is 2.15 bits per heavy atom. The first-order valence-electron chi connectivity index (χ1n) is 15.9. The second-order valence-electron chi connectivity index (χ2n) is 14.5. The molecule has 1 unspecified atom stereocenters. The van der Waals surface area contributed by atoms with Crippen molar-refractivity contribution in [1.82, 2.24) is 0 Å². The van der Waals surface area contributed by atoms with Crippen LogP contribution in [0.3, 0.4) is 0 Å². The lowest BCUT2D eigenvalue weighted by atomic mass is 9.53. The number of carbonyl (C=O) groups is 1. The molecule has 0 aliphatic heterocycles. The predicted octanol–water partition coefficient (Wildman–Crippen LogP) is 11.4. The summed E-state index contributed by atoms with van der Waals surface area (Å²) in [4.78, 5) is 11.2. The van der Waals surface area contributed by atoms with Crippen molar-refractivity contribution in [2.24, 2.45) is 22.2 Å². The van der Waals surface area contributed by atoms with Crippen LogP contribution >= 0.6 is 0 Å². The van der Waals surface area contributed by atoms with Gasteiger partial charge in [0.15, 0.2) is 5.78 Å². The highest BCUT2D eigenvalue weighted by atomic mass is 19.3. The quantitative estimate of drug-likeness (QED) is 0.238. The first-order chi connectivity index (χ1) is 18.9. The van der Waals surface area contributed by atoms with Gasteiger partial charge in [-0.05, 0) is 92.2 Å². The van der Waals surface area contributed by atoms with E-state index in [9.17, 15) is 13.6 Å². The van der Waals surface area contributed by atoms with Gasteiger partial charge in [0.25, 0.3) is 0 Å². The number of halogens is 2. The molecule has 1 aromatic carbocycles. The van der Waals surface area contributed by atoms with Crippen LogP contribution in [0.15, 0.2) is 42.0 Å². The van der Waals surface area contributed by atoms with Crippen molar-refractivity contribution in [1.29, 1.82) is 0 Å². The number of nitrogens with one attached hydrogen (secondary N) is 1. The third-order valence-corrected chi connectivity index (χ3v) is 9.00. The predicted molar refractivity (Wildman–Crippen MR) is 175 cm³/mol. The molecule has 41 heavy (non-hydrogen) atoms. The molecule has 1 aromatic rings. The summed E-state index contributed by atoms with van der Waals surface area (Å²) in [6.07, 6.45) is 12.2. The van der Waals surface area contributed by atoms with E-state index in [0.29, 0.717) is 18.8 Å². The molecule has 1 atom stereocenters. The smallest absolute Gasteiger partial charge is 0.310 e. The molecule has 1 saturated carbocycles. The van der Waals surface area contributed by atoms with Crippen molar-refractivity contribution >= 4 is 11.5 Å². The summed E-state index contributed by atoms with van der Waals surface area (Å²) in [5.41, 5.74) is 5.50. The third-order valence-electron chi connectivity index (χ3n) is 9.00. The highest BCUT2D eigenvalue weighted by molar-refractivity contribution is 5.84. The standard InChI is InChI=1S/C23H37N.C14H24F2O/c1-7-10-11-18(4)19(5)16-20(8-2)12-13-21-14-15-22(9-3)23(17-21)24-6;1-10(17)14(15,16)13(6)8-11(2,3)7-12(4,5)9-13/h8,14-15,17-18,24H,5,7,9-13,16H2,1-4,6H3;7-9H2,1-6H3/b20-8-;. The van der Waals surface area contributed by atoms with Crippen LogP contribution in [0.25, 0.3) is 0 Å².